The molecule has 120 valence electrons. The number of hydrogen-bond acceptors (Lipinski definition) is 2. The number of halogens is 1. The van der Waals surface area contributed by atoms with Crippen molar-refractivity contribution < 1.29 is 9.18 Å². The fraction of sp³-hybridized carbons (Fsp3) is 0.444. The smallest absolute Gasteiger partial charge is 0.226 e. The van der Waals surface area contributed by atoms with Crippen LogP contribution >= 0.6 is 0 Å². The lowest BCUT2D eigenvalue weighted by molar-refractivity contribution is -0.116. The predicted molar refractivity (Wildman–Crippen MR) is 86.1 cm³/mol. The van der Waals surface area contributed by atoms with Crippen LogP contribution in [0.4, 0.5) is 10.2 Å². The average Bonchev–Trinajstić information content (AvgIpc) is 3.30. The van der Waals surface area contributed by atoms with E-state index >= 15 is 0 Å². The molecule has 1 saturated carbocycles. The van der Waals surface area contributed by atoms with Crippen molar-refractivity contribution in [3.63, 3.8) is 0 Å². The van der Waals surface area contributed by atoms with Gasteiger partial charge in [0.15, 0.2) is 0 Å². The lowest BCUT2D eigenvalue weighted by atomic mass is 9.82. The molecule has 1 aliphatic carbocycles. The van der Waals surface area contributed by atoms with Gasteiger partial charge in [0.1, 0.15) is 11.6 Å². The maximum absolute atomic E-state index is 14.4. The Hall–Kier alpha value is -2.17. The summed E-state index contributed by atoms with van der Waals surface area (Å²) < 4.78 is 16.1. The van der Waals surface area contributed by atoms with E-state index in [-0.39, 0.29) is 17.6 Å². The van der Waals surface area contributed by atoms with Crippen LogP contribution in [0.15, 0.2) is 12.1 Å². The Morgan fingerprint density at radius 3 is 2.74 bits per heavy atom. The molecule has 23 heavy (non-hydrogen) atoms. The van der Waals surface area contributed by atoms with Crippen LogP contribution in [0.5, 0.6) is 0 Å². The number of nitrogens with one attached hydrogen (secondary N) is 1. The quantitative estimate of drug-likeness (QED) is 0.922. The summed E-state index contributed by atoms with van der Waals surface area (Å²) >= 11 is 0. The molecule has 0 spiro atoms. The molecule has 2 heterocycles. The van der Waals surface area contributed by atoms with Gasteiger partial charge in [0.05, 0.1) is 5.69 Å². The van der Waals surface area contributed by atoms with Crippen molar-refractivity contribution in [1.29, 1.82) is 0 Å². The molecule has 1 atom stereocenters. The highest BCUT2D eigenvalue weighted by Crippen LogP contribution is 2.48. The van der Waals surface area contributed by atoms with Crippen molar-refractivity contribution in [1.82, 2.24) is 9.78 Å². The molecule has 4 rings (SSSR count). The number of nitrogens with zero attached hydrogens (tertiary/aromatic N) is 2. The summed E-state index contributed by atoms with van der Waals surface area (Å²) in [7, 11) is 1.86. The van der Waals surface area contributed by atoms with Crippen LogP contribution < -0.4 is 5.32 Å². The molecule has 1 amide bonds. The summed E-state index contributed by atoms with van der Waals surface area (Å²) in [5, 5.41) is 7.59. The molecule has 2 aliphatic rings. The van der Waals surface area contributed by atoms with Gasteiger partial charge in [-0.3, -0.25) is 9.48 Å². The SMILES string of the molecule is Cc1ccc(C2CC(=O)Nc3c2c(C2CC2)nn3C)c(C)c1F. The standard InChI is InChI=1S/C18H20FN3O/c1-9-4-7-12(10(2)16(9)19)13-8-14(23)20-18-15(13)17(11-5-6-11)21-22(18)3/h4,7,11,13H,5-6,8H2,1-3H3,(H,20,23). The van der Waals surface area contributed by atoms with Gasteiger partial charge >= 0.3 is 0 Å². The van der Waals surface area contributed by atoms with Crippen molar-refractivity contribution in [3.05, 3.63) is 45.9 Å². The Balaban J connectivity index is 1.91. The number of fused-ring (bicyclic) bond motifs is 1. The highest BCUT2D eigenvalue weighted by Gasteiger charge is 2.39. The van der Waals surface area contributed by atoms with Gasteiger partial charge in [0, 0.05) is 30.9 Å². The van der Waals surface area contributed by atoms with Crippen LogP contribution in [-0.2, 0) is 11.8 Å². The zero-order chi connectivity index (χ0) is 16.3. The lowest BCUT2D eigenvalue weighted by Gasteiger charge is -2.26. The third kappa shape index (κ3) is 2.18. The first-order valence-corrected chi connectivity index (χ1v) is 8.09. The van der Waals surface area contributed by atoms with E-state index in [1.165, 1.54) is 0 Å². The lowest BCUT2D eigenvalue weighted by Crippen LogP contribution is -2.25. The van der Waals surface area contributed by atoms with E-state index in [1.54, 1.807) is 24.6 Å². The van der Waals surface area contributed by atoms with Gasteiger partial charge in [-0.25, -0.2) is 4.39 Å². The third-order valence-electron chi connectivity index (χ3n) is 5.07. The first kappa shape index (κ1) is 14.4. The summed E-state index contributed by atoms with van der Waals surface area (Å²) in [6.07, 6.45) is 2.64. The van der Waals surface area contributed by atoms with Gasteiger partial charge in [-0.1, -0.05) is 12.1 Å². The minimum Gasteiger partial charge on any atom is -0.311 e. The number of anilines is 1. The first-order valence-electron chi connectivity index (χ1n) is 8.09. The van der Waals surface area contributed by atoms with Crippen molar-refractivity contribution in [3.8, 4) is 0 Å². The van der Waals surface area contributed by atoms with Gasteiger partial charge in [0.25, 0.3) is 0 Å². The minimum absolute atomic E-state index is 0.0340. The Morgan fingerprint density at radius 1 is 1.30 bits per heavy atom. The molecule has 4 nitrogen and oxygen atoms in total. The van der Waals surface area contributed by atoms with E-state index in [2.05, 4.69) is 10.4 Å². The van der Waals surface area contributed by atoms with Gasteiger partial charge in [-0.2, -0.15) is 5.10 Å². The number of hydrogen-bond donors (Lipinski definition) is 1. The summed E-state index contributed by atoms with van der Waals surface area (Å²) in [5.41, 5.74) is 4.34. The maximum atomic E-state index is 14.4. The van der Waals surface area contributed by atoms with Gasteiger partial charge < -0.3 is 5.32 Å². The first-order chi connectivity index (χ1) is 11.0. The predicted octanol–water partition coefficient (Wildman–Crippen LogP) is 3.53. The maximum Gasteiger partial charge on any atom is 0.226 e. The second-order valence-electron chi connectivity index (χ2n) is 6.76. The highest BCUT2D eigenvalue weighted by atomic mass is 19.1. The molecule has 1 N–H and O–H groups in total. The number of benzene rings is 1. The molecule has 0 saturated heterocycles. The third-order valence-corrected chi connectivity index (χ3v) is 5.07. The van der Waals surface area contributed by atoms with Gasteiger partial charge in [0.2, 0.25) is 5.91 Å². The highest BCUT2D eigenvalue weighted by molar-refractivity contribution is 5.94. The van der Waals surface area contributed by atoms with Crippen molar-refractivity contribution in [2.45, 2.75) is 44.9 Å². The fourth-order valence-corrected chi connectivity index (χ4v) is 3.66. The number of carbonyl (C=O) groups excluding carboxylic acids is 1. The second-order valence-corrected chi connectivity index (χ2v) is 6.76. The Kier molecular flexibility index (Phi) is 3.08. The van der Waals surface area contributed by atoms with Crippen LogP contribution in [0.25, 0.3) is 0 Å². The van der Waals surface area contributed by atoms with Crippen molar-refractivity contribution >= 4 is 11.7 Å². The number of carbonyl (C=O) groups is 1. The molecule has 2 aromatic rings. The second kappa shape index (κ2) is 4.91. The normalized spacial score (nSPS) is 20.3. The summed E-state index contributed by atoms with van der Waals surface area (Å²) in [6.45, 7) is 3.57. The number of aryl methyl sites for hydroxylation is 2. The van der Waals surface area contributed by atoms with Crippen LogP contribution in [0.3, 0.4) is 0 Å². The Bertz CT molecular complexity index is 820. The van der Waals surface area contributed by atoms with E-state index < -0.39 is 0 Å². The number of aromatic nitrogens is 2. The molecule has 1 fully saturated rings. The summed E-state index contributed by atoms with van der Waals surface area (Å²) in [6, 6.07) is 3.77. The molecule has 1 aliphatic heterocycles. The molecular weight excluding hydrogens is 293 g/mol. The van der Waals surface area contributed by atoms with E-state index in [9.17, 15) is 9.18 Å². The van der Waals surface area contributed by atoms with Gasteiger partial charge in [-0.05, 0) is 43.4 Å². The molecule has 5 heteroatoms. The van der Waals surface area contributed by atoms with Crippen LogP contribution in [-0.4, -0.2) is 15.7 Å². The molecule has 1 unspecified atom stereocenters. The Labute approximate surface area is 134 Å². The minimum atomic E-state index is -0.174. The summed E-state index contributed by atoms with van der Waals surface area (Å²) in [5.74, 6) is 0.935. The van der Waals surface area contributed by atoms with Crippen LogP contribution in [0.1, 0.15) is 59.0 Å². The van der Waals surface area contributed by atoms with Crippen LogP contribution in [0, 0.1) is 19.7 Å². The number of amides is 1. The molecule has 1 aromatic heterocycles. The van der Waals surface area contributed by atoms with Crippen molar-refractivity contribution in [2.24, 2.45) is 7.05 Å². The fourth-order valence-electron chi connectivity index (χ4n) is 3.66. The average molecular weight is 313 g/mol. The monoisotopic (exact) mass is 313 g/mol. The topological polar surface area (TPSA) is 46.9 Å². The largest absolute Gasteiger partial charge is 0.311 e. The zero-order valence-corrected chi connectivity index (χ0v) is 13.6. The van der Waals surface area contributed by atoms with E-state index in [1.807, 2.05) is 13.1 Å². The zero-order valence-electron chi connectivity index (χ0n) is 13.6. The molecule has 0 radical (unpaired) electrons. The van der Waals surface area contributed by atoms with E-state index in [4.69, 9.17) is 0 Å². The molecule has 1 aromatic carbocycles. The van der Waals surface area contributed by atoms with Crippen molar-refractivity contribution in [2.75, 3.05) is 5.32 Å². The number of rotatable bonds is 2. The Morgan fingerprint density at radius 2 is 2.04 bits per heavy atom. The molecular formula is C18H20FN3O. The summed E-state index contributed by atoms with van der Waals surface area (Å²) in [4.78, 5) is 12.2. The van der Waals surface area contributed by atoms with E-state index in [0.717, 1.165) is 35.5 Å². The van der Waals surface area contributed by atoms with Crippen LogP contribution in [0.2, 0.25) is 0 Å². The van der Waals surface area contributed by atoms with E-state index in [0.29, 0.717) is 23.5 Å². The molecule has 0 bridgehead atoms. The van der Waals surface area contributed by atoms with Gasteiger partial charge in [-0.15, -0.1) is 0 Å².